The molecule has 0 saturated carbocycles. The summed E-state index contributed by atoms with van der Waals surface area (Å²) in [7, 11) is 0. The molecule has 1 aliphatic rings. The number of hydroxylamine groups is 1. The molecule has 0 N–H and O–H groups in total. The first-order valence-electron chi connectivity index (χ1n) is 8.57. The first kappa shape index (κ1) is 18.6. The molecule has 28 heavy (non-hydrogen) atoms. The standard InChI is InChI=1S/C20H15ClF2N2O3/c21-20(22,23)19-18(25(26)27)17(24(28-19)14-9-2-1-3-10-14)16-12-6-8-13-7-4-5-11-15(13)16/h1-12,17-19H/t17-,18-,19-/m1/s1. The van der Waals surface area contributed by atoms with Crippen LogP contribution in [0.5, 0.6) is 0 Å². The molecule has 0 aliphatic carbocycles. The molecule has 4 rings (SSSR count). The average Bonchev–Trinajstić information content (AvgIpc) is 3.09. The normalized spacial score (nSPS) is 22.5. The number of anilines is 1. The molecular weight excluding hydrogens is 390 g/mol. The van der Waals surface area contributed by atoms with Gasteiger partial charge in [-0.25, -0.2) is 5.06 Å². The highest BCUT2D eigenvalue weighted by Gasteiger charge is 2.62. The van der Waals surface area contributed by atoms with Crippen LogP contribution in [0.3, 0.4) is 0 Å². The molecular formula is C20H15ClF2N2O3. The third-order valence-electron chi connectivity index (χ3n) is 4.83. The molecule has 144 valence electrons. The van der Waals surface area contributed by atoms with Crippen LogP contribution in [-0.4, -0.2) is 22.5 Å². The second kappa shape index (κ2) is 7.00. The number of rotatable bonds is 4. The van der Waals surface area contributed by atoms with Crippen LogP contribution < -0.4 is 5.06 Å². The van der Waals surface area contributed by atoms with Crippen LogP contribution in [0.4, 0.5) is 14.5 Å². The predicted octanol–water partition coefficient (Wildman–Crippen LogP) is 5.18. The third-order valence-corrected chi connectivity index (χ3v) is 5.05. The Balaban J connectivity index is 1.94. The van der Waals surface area contributed by atoms with Crippen LogP contribution in [0.25, 0.3) is 10.8 Å². The SMILES string of the molecule is O=[N+]([O-])[C@@H]1[C@@H](c2cccc3ccccc23)N(c2ccccc2)O[C@H]1C(F)(F)Cl. The topological polar surface area (TPSA) is 55.6 Å². The monoisotopic (exact) mass is 404 g/mol. The van der Waals surface area contributed by atoms with Gasteiger partial charge in [0.15, 0.2) is 6.04 Å². The lowest BCUT2D eigenvalue weighted by molar-refractivity contribution is -0.533. The molecule has 0 aromatic heterocycles. The van der Waals surface area contributed by atoms with E-state index in [9.17, 15) is 18.9 Å². The molecule has 3 aromatic rings. The van der Waals surface area contributed by atoms with Gasteiger partial charge < -0.3 is 0 Å². The molecule has 3 aromatic carbocycles. The number of fused-ring (bicyclic) bond motifs is 1. The number of alkyl halides is 3. The van der Waals surface area contributed by atoms with Crippen LogP contribution in [0, 0.1) is 10.1 Å². The largest absolute Gasteiger partial charge is 0.356 e. The number of para-hydroxylation sites is 1. The number of halogens is 3. The highest BCUT2D eigenvalue weighted by Crippen LogP contribution is 2.46. The van der Waals surface area contributed by atoms with E-state index in [2.05, 4.69) is 0 Å². The molecule has 5 nitrogen and oxygen atoms in total. The van der Waals surface area contributed by atoms with Gasteiger partial charge in [-0.1, -0.05) is 60.7 Å². The zero-order valence-corrected chi connectivity index (χ0v) is 15.2. The van der Waals surface area contributed by atoms with Crippen molar-refractivity contribution < 1.29 is 18.5 Å². The van der Waals surface area contributed by atoms with E-state index < -0.39 is 28.5 Å². The van der Waals surface area contributed by atoms with Crippen LogP contribution >= 0.6 is 11.6 Å². The van der Waals surface area contributed by atoms with E-state index in [1.54, 1.807) is 54.6 Å². The van der Waals surface area contributed by atoms with Crippen LogP contribution in [0.15, 0.2) is 72.8 Å². The Kier molecular flexibility index (Phi) is 4.64. The first-order valence-corrected chi connectivity index (χ1v) is 8.94. The minimum Gasteiger partial charge on any atom is -0.264 e. The Hall–Kier alpha value is -2.77. The van der Waals surface area contributed by atoms with Gasteiger partial charge in [0.1, 0.15) is 0 Å². The molecule has 0 spiro atoms. The Morgan fingerprint density at radius 3 is 2.32 bits per heavy atom. The summed E-state index contributed by atoms with van der Waals surface area (Å²) in [6.45, 7) is 0. The summed E-state index contributed by atoms with van der Waals surface area (Å²) < 4.78 is 28.1. The molecule has 1 aliphatic heterocycles. The Labute approximate surface area is 164 Å². The lowest BCUT2D eigenvalue weighted by atomic mass is 9.92. The maximum atomic E-state index is 14.0. The molecule has 1 saturated heterocycles. The Morgan fingerprint density at radius 2 is 1.64 bits per heavy atom. The second-order valence-corrected chi connectivity index (χ2v) is 7.02. The average molecular weight is 405 g/mol. The minimum absolute atomic E-state index is 0.427. The number of hydrogen-bond donors (Lipinski definition) is 0. The molecule has 3 atom stereocenters. The lowest BCUT2D eigenvalue weighted by Crippen LogP contribution is -2.42. The second-order valence-electron chi connectivity index (χ2n) is 6.52. The highest BCUT2D eigenvalue weighted by molar-refractivity contribution is 6.22. The minimum atomic E-state index is -3.91. The summed E-state index contributed by atoms with van der Waals surface area (Å²) in [4.78, 5) is 16.5. The number of nitrogens with zero attached hydrogens (tertiary/aromatic N) is 2. The quantitative estimate of drug-likeness (QED) is 0.341. The zero-order chi connectivity index (χ0) is 19.9. The number of nitro groups is 1. The molecule has 0 amide bonds. The van der Waals surface area contributed by atoms with Gasteiger partial charge in [-0.05, 0) is 40.1 Å². The molecule has 1 fully saturated rings. The van der Waals surface area contributed by atoms with Gasteiger partial charge in [0.05, 0.1) is 5.69 Å². The summed E-state index contributed by atoms with van der Waals surface area (Å²) in [5.41, 5.74) is 0.947. The maximum Gasteiger partial charge on any atom is 0.356 e. The van der Waals surface area contributed by atoms with E-state index in [1.807, 2.05) is 18.2 Å². The van der Waals surface area contributed by atoms with Crippen LogP contribution in [0.2, 0.25) is 0 Å². The van der Waals surface area contributed by atoms with Gasteiger partial charge in [0.25, 0.3) is 6.04 Å². The van der Waals surface area contributed by atoms with Crippen molar-refractivity contribution >= 4 is 28.1 Å². The molecule has 8 heteroatoms. The summed E-state index contributed by atoms with van der Waals surface area (Å²) in [6, 6.07) is 18.2. The van der Waals surface area contributed by atoms with Crippen molar-refractivity contribution in [3.8, 4) is 0 Å². The smallest absolute Gasteiger partial charge is 0.264 e. The van der Waals surface area contributed by atoms with Gasteiger partial charge in [-0.2, -0.15) is 8.78 Å². The molecule has 0 unspecified atom stereocenters. The van der Waals surface area contributed by atoms with Crippen LogP contribution in [-0.2, 0) is 4.84 Å². The molecule has 0 bridgehead atoms. The van der Waals surface area contributed by atoms with Gasteiger partial charge in [0.2, 0.25) is 6.10 Å². The van der Waals surface area contributed by atoms with Crippen molar-refractivity contribution in [2.24, 2.45) is 0 Å². The third kappa shape index (κ3) is 3.16. The van der Waals surface area contributed by atoms with Crippen molar-refractivity contribution in [3.05, 3.63) is 88.5 Å². The van der Waals surface area contributed by atoms with Crippen molar-refractivity contribution in [2.45, 2.75) is 23.6 Å². The Morgan fingerprint density at radius 1 is 1.00 bits per heavy atom. The fourth-order valence-electron chi connectivity index (χ4n) is 3.65. The first-order chi connectivity index (χ1) is 13.4. The van der Waals surface area contributed by atoms with Crippen molar-refractivity contribution in [3.63, 3.8) is 0 Å². The van der Waals surface area contributed by atoms with Gasteiger partial charge in [-0.15, -0.1) is 0 Å². The highest BCUT2D eigenvalue weighted by atomic mass is 35.5. The van der Waals surface area contributed by atoms with E-state index in [1.165, 1.54) is 5.06 Å². The summed E-state index contributed by atoms with van der Waals surface area (Å²) in [6.07, 6.45) is -2.12. The van der Waals surface area contributed by atoms with Crippen molar-refractivity contribution in [1.82, 2.24) is 0 Å². The van der Waals surface area contributed by atoms with E-state index >= 15 is 0 Å². The van der Waals surface area contributed by atoms with Crippen LogP contribution in [0.1, 0.15) is 11.6 Å². The summed E-state index contributed by atoms with van der Waals surface area (Å²) in [5.74, 6) is 0. The van der Waals surface area contributed by atoms with Crippen molar-refractivity contribution in [2.75, 3.05) is 5.06 Å². The molecule has 1 heterocycles. The zero-order valence-electron chi connectivity index (χ0n) is 14.4. The van der Waals surface area contributed by atoms with Gasteiger partial charge >= 0.3 is 5.38 Å². The fraction of sp³-hybridized carbons (Fsp3) is 0.200. The predicted molar refractivity (Wildman–Crippen MR) is 102 cm³/mol. The van der Waals surface area contributed by atoms with E-state index in [-0.39, 0.29) is 0 Å². The fourth-order valence-corrected chi connectivity index (χ4v) is 3.82. The summed E-state index contributed by atoms with van der Waals surface area (Å²) in [5, 5.41) is 10.7. The van der Waals surface area contributed by atoms with E-state index in [0.29, 0.717) is 11.3 Å². The molecule has 0 radical (unpaired) electrons. The number of hydrogen-bond acceptors (Lipinski definition) is 4. The van der Waals surface area contributed by atoms with Gasteiger partial charge in [0, 0.05) is 4.92 Å². The summed E-state index contributed by atoms with van der Waals surface area (Å²) >= 11 is 5.21. The van der Waals surface area contributed by atoms with E-state index in [0.717, 1.165) is 10.8 Å². The lowest BCUT2D eigenvalue weighted by Gasteiger charge is -2.25. The van der Waals surface area contributed by atoms with Crippen molar-refractivity contribution in [1.29, 1.82) is 0 Å². The Bertz CT molecular complexity index is 1010. The number of benzene rings is 3. The maximum absolute atomic E-state index is 14.0. The van der Waals surface area contributed by atoms with Gasteiger partial charge in [-0.3, -0.25) is 15.0 Å². The van der Waals surface area contributed by atoms with E-state index in [4.69, 9.17) is 16.4 Å².